The Morgan fingerprint density at radius 3 is 2.77 bits per heavy atom. The molecule has 0 radical (unpaired) electrons. The van der Waals surface area contributed by atoms with Crippen molar-refractivity contribution in [2.75, 3.05) is 13.2 Å². The number of nitrogens with zero attached hydrogens (tertiary/aromatic N) is 1. The van der Waals surface area contributed by atoms with Gasteiger partial charge in [-0.1, -0.05) is 36.4 Å². The van der Waals surface area contributed by atoms with Gasteiger partial charge >= 0.3 is 0 Å². The van der Waals surface area contributed by atoms with Crippen molar-refractivity contribution in [1.29, 1.82) is 0 Å². The number of fused-ring (bicyclic) bond motifs is 1. The van der Waals surface area contributed by atoms with Gasteiger partial charge in [-0.25, -0.2) is 4.98 Å². The monoisotopic (exact) mass is 374 g/mol. The van der Waals surface area contributed by atoms with E-state index < -0.39 is 11.7 Å². The summed E-state index contributed by atoms with van der Waals surface area (Å²) in [5, 5.41) is 4.74. The van der Waals surface area contributed by atoms with Crippen LogP contribution in [-0.4, -0.2) is 29.8 Å². The second kappa shape index (κ2) is 8.62. The van der Waals surface area contributed by atoms with Crippen LogP contribution in [0.15, 0.2) is 65.8 Å². The van der Waals surface area contributed by atoms with Crippen molar-refractivity contribution in [3.05, 3.63) is 66.4 Å². The highest BCUT2D eigenvalue weighted by Gasteiger charge is 2.16. The summed E-state index contributed by atoms with van der Waals surface area (Å²) in [5.74, 6) is -2.36. The number of hydrogen-bond acceptors (Lipinski definition) is 4. The Balaban J connectivity index is 1.58. The number of thioether (sulfide) groups is 1. The molecule has 0 spiro atoms. The zero-order chi connectivity index (χ0) is 18.4. The van der Waals surface area contributed by atoms with Crippen LogP contribution >= 0.6 is 11.8 Å². The summed E-state index contributed by atoms with van der Waals surface area (Å²) < 4.78 is 30.9. The van der Waals surface area contributed by atoms with Gasteiger partial charge in [-0.2, -0.15) is 8.78 Å². The molecule has 26 heavy (non-hydrogen) atoms. The van der Waals surface area contributed by atoms with Gasteiger partial charge in [-0.05, 0) is 35.3 Å². The van der Waals surface area contributed by atoms with Gasteiger partial charge in [0.1, 0.15) is 17.4 Å². The van der Waals surface area contributed by atoms with Crippen LogP contribution in [0.4, 0.5) is 8.78 Å². The van der Waals surface area contributed by atoms with E-state index >= 15 is 0 Å². The molecule has 0 aliphatic heterocycles. The number of carbonyl (C=O) groups excluding carboxylic acids is 1. The first-order valence-corrected chi connectivity index (χ1v) is 8.81. The molecule has 0 unspecified atom stereocenters. The smallest absolute Gasteiger partial charge is 0.290 e. The number of alkyl halides is 2. The number of ether oxygens (including phenoxy) is 1. The average molecular weight is 374 g/mol. The largest absolute Gasteiger partial charge is 0.491 e. The van der Waals surface area contributed by atoms with E-state index in [-0.39, 0.29) is 35.5 Å². The molecule has 3 aromatic rings. The topological polar surface area (TPSA) is 51.2 Å². The molecule has 0 saturated heterocycles. The lowest BCUT2D eigenvalue weighted by Gasteiger charge is -2.11. The summed E-state index contributed by atoms with van der Waals surface area (Å²) in [4.78, 5) is 16.0. The minimum absolute atomic E-state index is 0.00923. The number of pyridine rings is 1. The van der Waals surface area contributed by atoms with Gasteiger partial charge in [0.25, 0.3) is 11.7 Å². The zero-order valence-electron chi connectivity index (χ0n) is 13.7. The summed E-state index contributed by atoms with van der Waals surface area (Å²) in [6.07, 6.45) is 1.38. The zero-order valence-corrected chi connectivity index (χ0v) is 14.5. The molecule has 134 valence electrons. The molecule has 0 saturated carbocycles. The molecule has 7 heteroatoms. The predicted octanol–water partition coefficient (Wildman–Crippen LogP) is 4.36. The molecule has 3 rings (SSSR count). The highest BCUT2D eigenvalue weighted by atomic mass is 32.2. The third kappa shape index (κ3) is 4.49. The van der Waals surface area contributed by atoms with Crippen molar-refractivity contribution in [3.63, 3.8) is 0 Å². The Hall–Kier alpha value is -2.67. The fraction of sp³-hybridized carbons (Fsp3) is 0.158. The highest BCUT2D eigenvalue weighted by molar-refractivity contribution is 7.99. The minimum Gasteiger partial charge on any atom is -0.491 e. The number of nitrogens with one attached hydrogen (secondary N) is 1. The van der Waals surface area contributed by atoms with Crippen molar-refractivity contribution < 1.29 is 18.3 Å². The first-order valence-electron chi connectivity index (χ1n) is 7.94. The van der Waals surface area contributed by atoms with E-state index in [1.54, 1.807) is 0 Å². The van der Waals surface area contributed by atoms with Crippen LogP contribution < -0.4 is 10.1 Å². The molecule has 0 aliphatic carbocycles. The average Bonchev–Trinajstić information content (AvgIpc) is 2.65. The van der Waals surface area contributed by atoms with Crippen LogP contribution in [0.5, 0.6) is 5.75 Å². The van der Waals surface area contributed by atoms with E-state index in [0.29, 0.717) is 0 Å². The van der Waals surface area contributed by atoms with E-state index in [1.165, 1.54) is 18.3 Å². The molecular weight excluding hydrogens is 358 g/mol. The fourth-order valence-corrected chi connectivity index (χ4v) is 3.06. The lowest BCUT2D eigenvalue weighted by Crippen LogP contribution is -2.28. The van der Waals surface area contributed by atoms with Crippen molar-refractivity contribution >= 4 is 28.4 Å². The summed E-state index contributed by atoms with van der Waals surface area (Å²) in [6, 6.07) is 16.6. The second-order valence-electron chi connectivity index (χ2n) is 5.32. The van der Waals surface area contributed by atoms with Crippen molar-refractivity contribution in [2.24, 2.45) is 0 Å². The molecule has 1 heterocycles. The number of hydrogen-bond donors (Lipinski definition) is 1. The summed E-state index contributed by atoms with van der Waals surface area (Å²) in [5.41, 5.74) is 0.128. The van der Waals surface area contributed by atoms with E-state index in [2.05, 4.69) is 10.3 Å². The lowest BCUT2D eigenvalue weighted by atomic mass is 10.1. The van der Waals surface area contributed by atoms with Gasteiger partial charge in [-0.3, -0.25) is 4.79 Å². The van der Waals surface area contributed by atoms with E-state index in [0.717, 1.165) is 16.5 Å². The number of rotatable bonds is 7. The first-order chi connectivity index (χ1) is 12.6. The number of carbonyl (C=O) groups is 1. The Bertz CT molecular complexity index is 900. The Labute approximate surface area is 153 Å². The standard InChI is InChI=1S/C19H16F2N2O2S/c20-19(21)26-18-15(8-4-10-23-18)17(24)22-11-12-25-16-9-3-6-13-5-1-2-7-14(13)16/h1-10,19H,11-12H2,(H,22,24). The van der Waals surface area contributed by atoms with Gasteiger partial charge in [-0.15, -0.1) is 0 Å². The molecule has 0 atom stereocenters. The van der Waals surface area contributed by atoms with Crippen LogP contribution in [0.25, 0.3) is 10.8 Å². The maximum Gasteiger partial charge on any atom is 0.290 e. The molecule has 2 aromatic carbocycles. The fourth-order valence-electron chi connectivity index (χ4n) is 2.48. The lowest BCUT2D eigenvalue weighted by molar-refractivity contribution is 0.0943. The molecule has 1 amide bonds. The van der Waals surface area contributed by atoms with Crippen LogP contribution in [0, 0.1) is 0 Å². The molecular formula is C19H16F2N2O2S. The molecule has 0 bridgehead atoms. The third-order valence-corrected chi connectivity index (χ3v) is 4.34. The van der Waals surface area contributed by atoms with Gasteiger partial charge in [0.2, 0.25) is 0 Å². The predicted molar refractivity (Wildman–Crippen MR) is 97.9 cm³/mol. The molecule has 0 aliphatic rings. The maximum atomic E-state index is 12.6. The SMILES string of the molecule is O=C(NCCOc1cccc2ccccc12)c1cccnc1SC(F)F. The van der Waals surface area contributed by atoms with Crippen LogP contribution in [0.1, 0.15) is 10.4 Å². The Morgan fingerprint density at radius 1 is 1.12 bits per heavy atom. The normalized spacial score (nSPS) is 10.9. The summed E-state index contributed by atoms with van der Waals surface area (Å²) >= 11 is 0.254. The van der Waals surface area contributed by atoms with Crippen molar-refractivity contribution in [2.45, 2.75) is 10.8 Å². The molecule has 1 N–H and O–H groups in total. The second-order valence-corrected chi connectivity index (χ2v) is 6.30. The van der Waals surface area contributed by atoms with Crippen molar-refractivity contribution in [3.8, 4) is 5.75 Å². The van der Waals surface area contributed by atoms with Gasteiger partial charge in [0, 0.05) is 11.6 Å². The summed E-state index contributed by atoms with van der Waals surface area (Å²) in [6.45, 7) is 0.507. The Morgan fingerprint density at radius 2 is 1.92 bits per heavy atom. The molecule has 1 aromatic heterocycles. The maximum absolute atomic E-state index is 12.6. The number of amides is 1. The van der Waals surface area contributed by atoms with Crippen LogP contribution in [-0.2, 0) is 0 Å². The number of halogens is 2. The van der Waals surface area contributed by atoms with Gasteiger partial charge in [0.05, 0.1) is 12.1 Å². The van der Waals surface area contributed by atoms with E-state index in [9.17, 15) is 13.6 Å². The van der Waals surface area contributed by atoms with E-state index in [4.69, 9.17) is 4.74 Å². The number of aromatic nitrogens is 1. The minimum atomic E-state index is -2.63. The highest BCUT2D eigenvalue weighted by Crippen LogP contribution is 2.26. The first kappa shape index (κ1) is 18.1. The number of benzene rings is 2. The van der Waals surface area contributed by atoms with E-state index in [1.807, 2.05) is 42.5 Å². The van der Waals surface area contributed by atoms with Crippen LogP contribution in [0.2, 0.25) is 0 Å². The molecule has 0 fully saturated rings. The molecule has 4 nitrogen and oxygen atoms in total. The van der Waals surface area contributed by atoms with Gasteiger partial charge < -0.3 is 10.1 Å². The van der Waals surface area contributed by atoms with Gasteiger partial charge in [0.15, 0.2) is 0 Å². The third-order valence-electron chi connectivity index (χ3n) is 3.61. The van der Waals surface area contributed by atoms with Crippen molar-refractivity contribution in [1.82, 2.24) is 10.3 Å². The summed E-state index contributed by atoms with van der Waals surface area (Å²) in [7, 11) is 0. The Kier molecular flexibility index (Phi) is 6.01. The quantitative estimate of drug-likeness (QED) is 0.493. The van der Waals surface area contributed by atoms with Crippen LogP contribution in [0.3, 0.4) is 0 Å².